The molecule has 0 aliphatic rings. The van der Waals surface area contributed by atoms with Gasteiger partial charge in [0.2, 0.25) is 0 Å². The van der Waals surface area contributed by atoms with E-state index in [9.17, 15) is 14.3 Å². The highest BCUT2D eigenvalue weighted by Crippen LogP contribution is 2.38. The molecular weight excluding hydrogens is 479 g/mol. The average Bonchev–Trinajstić information content (AvgIpc) is 3.35. The van der Waals surface area contributed by atoms with Gasteiger partial charge in [0.25, 0.3) is 5.91 Å². The summed E-state index contributed by atoms with van der Waals surface area (Å²) < 4.78 is 19.7. The van der Waals surface area contributed by atoms with Crippen LogP contribution in [0, 0.1) is 5.82 Å². The molecule has 0 saturated carbocycles. The van der Waals surface area contributed by atoms with E-state index in [2.05, 4.69) is 17.2 Å². The number of carbonyl (C=O) groups excluding carboxylic acids is 1. The highest BCUT2D eigenvalue weighted by atomic mass is 19.1. The molecule has 0 unspecified atom stereocenters. The molecule has 0 saturated heterocycles. The first kappa shape index (κ1) is 25.0. The number of fused-ring (bicyclic) bond motifs is 1. The third-order valence-corrected chi connectivity index (χ3v) is 6.55. The monoisotopic (exact) mass is 506 g/mol. The highest BCUT2D eigenvalue weighted by Gasteiger charge is 2.20. The molecule has 6 heteroatoms. The fourth-order valence-electron chi connectivity index (χ4n) is 4.51. The van der Waals surface area contributed by atoms with Gasteiger partial charge in [-0.3, -0.25) is 4.79 Å². The van der Waals surface area contributed by atoms with Crippen LogP contribution in [0.4, 0.5) is 4.39 Å². The van der Waals surface area contributed by atoms with Gasteiger partial charge in [0, 0.05) is 29.3 Å². The summed E-state index contributed by atoms with van der Waals surface area (Å²) in [6.45, 7) is 3.94. The number of hydrogen-bond donors (Lipinski definition) is 3. The summed E-state index contributed by atoms with van der Waals surface area (Å²) in [4.78, 5) is 13.1. The van der Waals surface area contributed by atoms with E-state index in [4.69, 9.17) is 4.42 Å². The number of halogens is 1. The Bertz CT molecular complexity index is 1610. The van der Waals surface area contributed by atoms with Crippen LogP contribution < -0.4 is 10.6 Å². The molecule has 0 aliphatic heterocycles. The third kappa shape index (κ3) is 4.94. The minimum atomic E-state index is -0.505. The van der Waals surface area contributed by atoms with Gasteiger partial charge >= 0.3 is 0 Å². The number of rotatable bonds is 8. The SMILES string of the molecule is C=C(NC)c1c(-c2ccc(F)cc2)oc2ccc(-c3cccc(C(=O)N[C@@H](CO)c4ccccc4)c3)cc12. The second-order valence-electron chi connectivity index (χ2n) is 8.95. The van der Waals surface area contributed by atoms with Crippen LogP contribution in [0.2, 0.25) is 0 Å². The first-order valence-electron chi connectivity index (χ1n) is 12.2. The molecule has 1 aromatic heterocycles. The lowest BCUT2D eigenvalue weighted by Gasteiger charge is -2.17. The Morgan fingerprint density at radius 2 is 1.63 bits per heavy atom. The number of nitrogens with one attached hydrogen (secondary N) is 2. The number of furan rings is 1. The molecule has 4 aromatic carbocycles. The molecule has 5 nitrogen and oxygen atoms in total. The molecule has 190 valence electrons. The lowest BCUT2D eigenvalue weighted by atomic mass is 9.98. The molecule has 1 amide bonds. The van der Waals surface area contributed by atoms with E-state index in [1.807, 2.05) is 66.7 Å². The number of carbonyl (C=O) groups is 1. The van der Waals surface area contributed by atoms with E-state index >= 15 is 0 Å². The van der Waals surface area contributed by atoms with Crippen LogP contribution in [0.5, 0.6) is 0 Å². The second kappa shape index (κ2) is 10.7. The van der Waals surface area contributed by atoms with Gasteiger partial charge in [0.05, 0.1) is 18.2 Å². The summed E-state index contributed by atoms with van der Waals surface area (Å²) in [7, 11) is 1.79. The summed E-state index contributed by atoms with van der Waals surface area (Å²) >= 11 is 0. The average molecular weight is 507 g/mol. The smallest absolute Gasteiger partial charge is 0.251 e. The zero-order valence-electron chi connectivity index (χ0n) is 20.9. The molecular formula is C32H27FN2O3. The largest absolute Gasteiger partial charge is 0.455 e. The van der Waals surface area contributed by atoms with Crippen molar-refractivity contribution in [3.05, 3.63) is 126 Å². The normalized spacial score (nSPS) is 11.8. The van der Waals surface area contributed by atoms with Crippen LogP contribution in [-0.4, -0.2) is 24.7 Å². The minimum absolute atomic E-state index is 0.207. The Kier molecular flexibility index (Phi) is 7.07. The van der Waals surface area contributed by atoms with Gasteiger partial charge in [-0.1, -0.05) is 55.1 Å². The van der Waals surface area contributed by atoms with Crippen molar-refractivity contribution in [1.29, 1.82) is 0 Å². The van der Waals surface area contributed by atoms with E-state index in [1.165, 1.54) is 12.1 Å². The van der Waals surface area contributed by atoms with Gasteiger partial charge in [0.15, 0.2) is 0 Å². The standard InChI is InChI=1S/C32H27FN2O3/c1-20(34-2)30-27-18-24(13-16-29(27)38-31(30)22-11-14-26(33)15-12-22)23-9-6-10-25(17-23)32(37)35-28(19-36)21-7-4-3-5-8-21/h3-18,28,34,36H,1,19H2,2H3,(H,35,37)/t28-/m0/s1. The molecule has 5 rings (SSSR count). The molecule has 0 fully saturated rings. The zero-order chi connectivity index (χ0) is 26.6. The summed E-state index contributed by atoms with van der Waals surface area (Å²) in [5.74, 6) is 0.00158. The summed E-state index contributed by atoms with van der Waals surface area (Å²) in [6.07, 6.45) is 0. The van der Waals surface area contributed by atoms with Crippen molar-refractivity contribution >= 4 is 22.6 Å². The Balaban J connectivity index is 1.50. The van der Waals surface area contributed by atoms with Gasteiger partial charge in [-0.15, -0.1) is 0 Å². The van der Waals surface area contributed by atoms with Crippen molar-refractivity contribution < 1.29 is 18.7 Å². The maximum atomic E-state index is 13.5. The number of benzene rings is 4. The lowest BCUT2D eigenvalue weighted by molar-refractivity contribution is 0.0916. The molecule has 3 N–H and O–H groups in total. The van der Waals surface area contributed by atoms with E-state index < -0.39 is 6.04 Å². The molecule has 0 bridgehead atoms. The van der Waals surface area contributed by atoms with Crippen LogP contribution in [0.3, 0.4) is 0 Å². The lowest BCUT2D eigenvalue weighted by Crippen LogP contribution is -2.30. The molecule has 1 heterocycles. The van der Waals surface area contributed by atoms with E-state index in [0.717, 1.165) is 33.2 Å². The van der Waals surface area contributed by atoms with Gasteiger partial charge in [0.1, 0.15) is 17.2 Å². The molecule has 38 heavy (non-hydrogen) atoms. The number of aliphatic hydroxyl groups excluding tert-OH is 1. The summed E-state index contributed by atoms with van der Waals surface area (Å²) in [5.41, 5.74) is 5.93. The Morgan fingerprint density at radius 1 is 0.921 bits per heavy atom. The maximum absolute atomic E-state index is 13.5. The van der Waals surface area contributed by atoms with Crippen molar-refractivity contribution in [2.24, 2.45) is 0 Å². The Labute approximate surface area is 220 Å². The number of aliphatic hydroxyl groups is 1. The first-order valence-corrected chi connectivity index (χ1v) is 12.2. The fraction of sp³-hybridized carbons (Fsp3) is 0.0938. The van der Waals surface area contributed by atoms with Crippen molar-refractivity contribution in [3.8, 4) is 22.5 Å². The molecule has 0 aliphatic carbocycles. The Morgan fingerprint density at radius 3 is 2.34 bits per heavy atom. The molecule has 1 atom stereocenters. The summed E-state index contributed by atoms with van der Waals surface area (Å²) in [6, 6.07) is 28.2. The van der Waals surface area contributed by atoms with E-state index in [1.54, 1.807) is 25.2 Å². The Hall–Kier alpha value is -4.68. The van der Waals surface area contributed by atoms with Crippen molar-refractivity contribution in [2.75, 3.05) is 13.7 Å². The molecule has 0 radical (unpaired) electrons. The zero-order valence-corrected chi connectivity index (χ0v) is 20.9. The van der Waals surface area contributed by atoms with Gasteiger partial charge < -0.3 is 20.2 Å². The van der Waals surface area contributed by atoms with Crippen LogP contribution >= 0.6 is 0 Å². The van der Waals surface area contributed by atoms with Crippen molar-refractivity contribution in [3.63, 3.8) is 0 Å². The molecule has 0 spiro atoms. The van der Waals surface area contributed by atoms with Gasteiger partial charge in [-0.25, -0.2) is 4.39 Å². The fourth-order valence-corrected chi connectivity index (χ4v) is 4.51. The number of amides is 1. The van der Waals surface area contributed by atoms with Crippen molar-refractivity contribution in [2.45, 2.75) is 6.04 Å². The molecule has 5 aromatic rings. The summed E-state index contributed by atoms with van der Waals surface area (Å²) in [5, 5.41) is 16.7. The minimum Gasteiger partial charge on any atom is -0.455 e. The van der Waals surface area contributed by atoms with Crippen LogP contribution in [0.25, 0.3) is 39.1 Å². The first-order chi connectivity index (χ1) is 18.5. The quantitative estimate of drug-likeness (QED) is 0.223. The van der Waals surface area contributed by atoms with E-state index in [-0.39, 0.29) is 18.3 Å². The number of hydrogen-bond acceptors (Lipinski definition) is 4. The van der Waals surface area contributed by atoms with E-state index in [0.29, 0.717) is 22.6 Å². The maximum Gasteiger partial charge on any atom is 0.251 e. The highest BCUT2D eigenvalue weighted by molar-refractivity contribution is 6.00. The predicted molar refractivity (Wildman–Crippen MR) is 149 cm³/mol. The van der Waals surface area contributed by atoms with Crippen LogP contribution in [-0.2, 0) is 0 Å². The third-order valence-electron chi connectivity index (χ3n) is 6.55. The van der Waals surface area contributed by atoms with Crippen molar-refractivity contribution in [1.82, 2.24) is 10.6 Å². The van der Waals surface area contributed by atoms with Gasteiger partial charge in [-0.2, -0.15) is 0 Å². The second-order valence-corrected chi connectivity index (χ2v) is 8.95. The van der Waals surface area contributed by atoms with Crippen LogP contribution in [0.1, 0.15) is 27.5 Å². The predicted octanol–water partition coefficient (Wildman–Crippen LogP) is 6.56. The van der Waals surface area contributed by atoms with Crippen LogP contribution in [0.15, 0.2) is 108 Å². The van der Waals surface area contributed by atoms with Gasteiger partial charge in [-0.05, 0) is 65.2 Å². The topological polar surface area (TPSA) is 74.5 Å².